The lowest BCUT2D eigenvalue weighted by Gasteiger charge is -2.23. The molecule has 6 heteroatoms. The van der Waals surface area contributed by atoms with Crippen molar-refractivity contribution in [2.45, 2.75) is 20.0 Å². The van der Waals surface area contributed by atoms with Gasteiger partial charge in [-0.25, -0.2) is 9.78 Å². The quantitative estimate of drug-likeness (QED) is 0.521. The van der Waals surface area contributed by atoms with Gasteiger partial charge in [0, 0.05) is 12.2 Å². The summed E-state index contributed by atoms with van der Waals surface area (Å²) < 4.78 is 0. The van der Waals surface area contributed by atoms with Crippen LogP contribution in [-0.2, 0) is 13.1 Å². The van der Waals surface area contributed by atoms with Crippen LogP contribution in [0.25, 0.3) is 10.9 Å². The van der Waals surface area contributed by atoms with Gasteiger partial charge in [0.15, 0.2) is 0 Å². The highest BCUT2D eigenvalue weighted by atomic mass is 16.2. The molecule has 6 nitrogen and oxygen atoms in total. The third kappa shape index (κ3) is 4.55. The van der Waals surface area contributed by atoms with Crippen LogP contribution in [0.3, 0.4) is 0 Å². The molecule has 0 aliphatic carbocycles. The van der Waals surface area contributed by atoms with E-state index < -0.39 is 0 Å². The van der Waals surface area contributed by atoms with Gasteiger partial charge in [0.25, 0.3) is 5.56 Å². The van der Waals surface area contributed by atoms with Crippen LogP contribution in [0.5, 0.6) is 0 Å². The lowest BCUT2D eigenvalue weighted by atomic mass is 10.2. The van der Waals surface area contributed by atoms with Gasteiger partial charge in [0.1, 0.15) is 5.82 Å². The monoisotopic (exact) mass is 398 g/mol. The standard InChI is InChI=1S/C24H22N4O2/c1-17-11-13-19(14-12-17)25-24(30)28(15-18-7-3-2-4-8-18)16-22-26-21-10-6-5-9-20(21)23(29)27-22/h2-14H,15-16H2,1H3,(H,25,30)(H,26,27,29). The zero-order chi connectivity index (χ0) is 20.9. The van der Waals surface area contributed by atoms with E-state index in [1.165, 1.54) is 0 Å². The number of H-pyrrole nitrogens is 1. The predicted octanol–water partition coefficient (Wildman–Crippen LogP) is 4.47. The van der Waals surface area contributed by atoms with E-state index in [-0.39, 0.29) is 18.1 Å². The van der Waals surface area contributed by atoms with Gasteiger partial charge in [-0.3, -0.25) is 4.79 Å². The zero-order valence-corrected chi connectivity index (χ0v) is 16.6. The van der Waals surface area contributed by atoms with Gasteiger partial charge in [-0.1, -0.05) is 60.2 Å². The number of benzene rings is 3. The van der Waals surface area contributed by atoms with Gasteiger partial charge in [0.05, 0.1) is 17.4 Å². The van der Waals surface area contributed by atoms with Crippen LogP contribution in [0.1, 0.15) is 17.0 Å². The van der Waals surface area contributed by atoms with Crippen molar-refractivity contribution in [3.05, 3.63) is 106 Å². The third-order valence-corrected chi connectivity index (χ3v) is 4.81. The molecule has 0 saturated carbocycles. The first kappa shape index (κ1) is 19.4. The summed E-state index contributed by atoms with van der Waals surface area (Å²) in [6.07, 6.45) is 0. The Morgan fingerprint density at radius 2 is 1.63 bits per heavy atom. The van der Waals surface area contributed by atoms with Crippen LogP contribution in [-0.4, -0.2) is 20.9 Å². The summed E-state index contributed by atoms with van der Waals surface area (Å²) in [5.74, 6) is 0.439. The van der Waals surface area contributed by atoms with Crippen molar-refractivity contribution in [2.24, 2.45) is 0 Å². The number of carbonyl (C=O) groups excluding carboxylic acids is 1. The summed E-state index contributed by atoms with van der Waals surface area (Å²) in [4.78, 5) is 34.4. The maximum atomic E-state index is 13.0. The van der Waals surface area contributed by atoms with E-state index in [1.54, 1.807) is 23.1 Å². The Morgan fingerprint density at radius 3 is 2.40 bits per heavy atom. The minimum absolute atomic E-state index is 0.173. The van der Waals surface area contributed by atoms with Gasteiger partial charge in [-0.2, -0.15) is 0 Å². The summed E-state index contributed by atoms with van der Waals surface area (Å²) >= 11 is 0. The second-order valence-corrected chi connectivity index (χ2v) is 7.17. The predicted molar refractivity (Wildman–Crippen MR) is 118 cm³/mol. The molecule has 1 aromatic heterocycles. The lowest BCUT2D eigenvalue weighted by molar-refractivity contribution is 0.205. The zero-order valence-electron chi connectivity index (χ0n) is 16.6. The van der Waals surface area contributed by atoms with Crippen LogP contribution >= 0.6 is 0 Å². The van der Waals surface area contributed by atoms with Crippen LogP contribution < -0.4 is 10.9 Å². The molecular weight excluding hydrogens is 376 g/mol. The highest BCUT2D eigenvalue weighted by Gasteiger charge is 2.17. The number of aromatic nitrogens is 2. The van der Waals surface area contributed by atoms with E-state index in [2.05, 4.69) is 15.3 Å². The molecule has 0 radical (unpaired) electrons. The Labute approximate surface area is 174 Å². The van der Waals surface area contributed by atoms with Crippen molar-refractivity contribution < 1.29 is 4.79 Å². The Bertz CT molecular complexity index is 1220. The van der Waals surface area contributed by atoms with Crippen molar-refractivity contribution in [1.29, 1.82) is 0 Å². The number of rotatable bonds is 5. The minimum atomic E-state index is -0.265. The molecule has 2 amide bonds. The largest absolute Gasteiger partial charge is 0.322 e. The fourth-order valence-corrected chi connectivity index (χ4v) is 3.23. The molecule has 0 bridgehead atoms. The maximum Gasteiger partial charge on any atom is 0.322 e. The molecule has 2 N–H and O–H groups in total. The average molecular weight is 398 g/mol. The second-order valence-electron chi connectivity index (χ2n) is 7.17. The lowest BCUT2D eigenvalue weighted by Crippen LogP contribution is -2.35. The topological polar surface area (TPSA) is 78.1 Å². The molecule has 0 atom stereocenters. The van der Waals surface area contributed by atoms with Gasteiger partial charge >= 0.3 is 6.03 Å². The molecule has 0 fully saturated rings. The number of para-hydroxylation sites is 1. The minimum Gasteiger partial charge on any atom is -0.313 e. The Balaban J connectivity index is 1.62. The molecular formula is C24H22N4O2. The number of aromatic amines is 1. The van der Waals surface area contributed by atoms with E-state index in [0.717, 1.165) is 11.1 Å². The average Bonchev–Trinajstić information content (AvgIpc) is 2.76. The van der Waals surface area contributed by atoms with E-state index in [9.17, 15) is 9.59 Å². The molecule has 0 aliphatic heterocycles. The van der Waals surface area contributed by atoms with Crippen molar-refractivity contribution in [3.8, 4) is 0 Å². The molecule has 0 spiro atoms. The Morgan fingerprint density at radius 1 is 0.933 bits per heavy atom. The highest BCUT2D eigenvalue weighted by molar-refractivity contribution is 5.89. The second kappa shape index (κ2) is 8.61. The normalized spacial score (nSPS) is 10.7. The number of aryl methyl sites for hydroxylation is 1. The number of nitrogens with one attached hydrogen (secondary N) is 2. The molecule has 4 rings (SSSR count). The van der Waals surface area contributed by atoms with E-state index >= 15 is 0 Å². The van der Waals surface area contributed by atoms with Gasteiger partial charge in [-0.15, -0.1) is 0 Å². The Hall–Kier alpha value is -3.93. The van der Waals surface area contributed by atoms with Crippen LogP contribution in [0, 0.1) is 6.92 Å². The van der Waals surface area contributed by atoms with Crippen LogP contribution in [0.15, 0.2) is 83.7 Å². The molecule has 4 aromatic rings. The number of hydrogen-bond donors (Lipinski definition) is 2. The summed E-state index contributed by atoms with van der Waals surface area (Å²) in [7, 11) is 0. The number of anilines is 1. The van der Waals surface area contributed by atoms with Crippen LogP contribution in [0.2, 0.25) is 0 Å². The van der Waals surface area contributed by atoms with Gasteiger partial charge in [0.2, 0.25) is 0 Å². The number of carbonyl (C=O) groups is 1. The molecule has 150 valence electrons. The highest BCUT2D eigenvalue weighted by Crippen LogP contribution is 2.14. The third-order valence-electron chi connectivity index (χ3n) is 4.81. The first-order valence-corrected chi connectivity index (χ1v) is 9.73. The molecule has 3 aromatic carbocycles. The van der Waals surface area contributed by atoms with E-state index in [4.69, 9.17) is 0 Å². The smallest absolute Gasteiger partial charge is 0.313 e. The van der Waals surface area contributed by atoms with Crippen molar-refractivity contribution >= 4 is 22.6 Å². The molecule has 0 aliphatic rings. The molecule has 0 saturated heterocycles. The summed E-state index contributed by atoms with van der Waals surface area (Å²) in [5, 5.41) is 3.46. The number of fused-ring (bicyclic) bond motifs is 1. The molecule has 30 heavy (non-hydrogen) atoms. The summed E-state index contributed by atoms with van der Waals surface area (Å²) in [6, 6.07) is 24.2. The first-order chi connectivity index (χ1) is 14.6. The summed E-state index contributed by atoms with van der Waals surface area (Å²) in [6.45, 7) is 2.55. The fourth-order valence-electron chi connectivity index (χ4n) is 3.23. The van der Waals surface area contributed by atoms with Crippen molar-refractivity contribution in [2.75, 3.05) is 5.32 Å². The number of nitrogens with zero attached hydrogens (tertiary/aromatic N) is 2. The van der Waals surface area contributed by atoms with E-state index in [1.807, 2.05) is 67.6 Å². The SMILES string of the molecule is Cc1ccc(NC(=O)N(Cc2ccccc2)Cc2nc3ccccc3c(=O)[nH]2)cc1. The number of amides is 2. The Kier molecular flexibility index (Phi) is 5.57. The van der Waals surface area contributed by atoms with Gasteiger partial charge in [-0.05, 0) is 36.8 Å². The maximum absolute atomic E-state index is 13.0. The van der Waals surface area contributed by atoms with E-state index in [0.29, 0.717) is 29.0 Å². The van der Waals surface area contributed by atoms with Crippen molar-refractivity contribution in [1.82, 2.24) is 14.9 Å². The summed E-state index contributed by atoms with van der Waals surface area (Å²) in [5.41, 5.74) is 3.21. The molecule has 1 heterocycles. The number of hydrogen-bond acceptors (Lipinski definition) is 3. The first-order valence-electron chi connectivity index (χ1n) is 9.73. The van der Waals surface area contributed by atoms with Crippen LogP contribution in [0.4, 0.5) is 10.5 Å². The number of urea groups is 1. The van der Waals surface area contributed by atoms with Crippen molar-refractivity contribution in [3.63, 3.8) is 0 Å². The molecule has 0 unspecified atom stereocenters. The van der Waals surface area contributed by atoms with Gasteiger partial charge < -0.3 is 15.2 Å². The fraction of sp³-hybridized carbons (Fsp3) is 0.125.